The number of benzene rings is 1. The lowest BCUT2D eigenvalue weighted by Gasteiger charge is -2.33. The van der Waals surface area contributed by atoms with Gasteiger partial charge in [0.25, 0.3) is 0 Å². The van der Waals surface area contributed by atoms with E-state index in [9.17, 15) is 13.2 Å². The van der Waals surface area contributed by atoms with Crippen LogP contribution in [0.1, 0.15) is 42.4 Å². The highest BCUT2D eigenvalue weighted by molar-refractivity contribution is 7.88. The molecule has 6 heteroatoms. The van der Waals surface area contributed by atoms with Gasteiger partial charge in [0, 0.05) is 19.6 Å². The Hall–Kier alpha value is -1.40. The number of carbonyl (C=O) groups is 1. The molecule has 1 aromatic carbocycles. The summed E-state index contributed by atoms with van der Waals surface area (Å²) in [5, 5.41) is 0. The number of fused-ring (bicyclic) bond motifs is 1. The number of carbonyl (C=O) groups excluding carboxylic acids is 1. The molecule has 1 atom stereocenters. The van der Waals surface area contributed by atoms with Crippen LogP contribution in [-0.2, 0) is 34.1 Å². The van der Waals surface area contributed by atoms with E-state index in [1.807, 2.05) is 4.90 Å². The molecule has 0 bridgehead atoms. The minimum absolute atomic E-state index is 0.153. The zero-order chi connectivity index (χ0) is 17.9. The topological polar surface area (TPSA) is 66.5 Å². The molecule has 0 unspecified atom stereocenters. The van der Waals surface area contributed by atoms with Crippen molar-refractivity contribution < 1.29 is 13.2 Å². The highest BCUT2D eigenvalue weighted by Crippen LogP contribution is 2.23. The van der Waals surface area contributed by atoms with Crippen LogP contribution in [0.3, 0.4) is 0 Å². The predicted molar refractivity (Wildman–Crippen MR) is 98.9 cm³/mol. The minimum Gasteiger partial charge on any atom is -0.342 e. The van der Waals surface area contributed by atoms with Gasteiger partial charge in [0.15, 0.2) is 0 Å². The molecule has 1 amide bonds. The molecule has 25 heavy (non-hydrogen) atoms. The summed E-state index contributed by atoms with van der Waals surface area (Å²) < 4.78 is 25.1. The van der Waals surface area contributed by atoms with Crippen LogP contribution in [0, 0.1) is 5.92 Å². The molecular formula is C19H28N2O3S. The van der Waals surface area contributed by atoms with Crippen LogP contribution in [0.4, 0.5) is 0 Å². The third kappa shape index (κ3) is 5.28. The van der Waals surface area contributed by atoms with E-state index in [2.05, 4.69) is 22.9 Å². The lowest BCUT2D eigenvalue weighted by atomic mass is 9.90. The summed E-state index contributed by atoms with van der Waals surface area (Å²) in [7, 11) is -3.17. The fourth-order valence-electron chi connectivity index (χ4n) is 3.91. The third-order valence-electron chi connectivity index (χ3n) is 5.27. The Morgan fingerprint density at radius 1 is 1.20 bits per heavy atom. The van der Waals surface area contributed by atoms with Gasteiger partial charge in [0.1, 0.15) is 0 Å². The van der Waals surface area contributed by atoms with Gasteiger partial charge in [-0.2, -0.15) is 0 Å². The predicted octanol–water partition coefficient (Wildman–Crippen LogP) is 1.90. The first kappa shape index (κ1) is 18.4. The molecule has 1 N–H and O–H groups in total. The summed E-state index contributed by atoms with van der Waals surface area (Å²) in [6, 6.07) is 6.49. The van der Waals surface area contributed by atoms with Gasteiger partial charge in [-0.25, -0.2) is 13.1 Å². The van der Waals surface area contributed by atoms with E-state index < -0.39 is 10.0 Å². The maximum Gasteiger partial charge on any atom is 0.226 e. The molecule has 138 valence electrons. The monoisotopic (exact) mass is 364 g/mol. The van der Waals surface area contributed by atoms with E-state index in [1.54, 1.807) is 0 Å². The SMILES string of the molecule is CS(=O)(=O)NC[C@@H]1CCCN(C(=O)Cc2ccc3c(c2)CCCC3)C1. The van der Waals surface area contributed by atoms with Gasteiger partial charge in [-0.1, -0.05) is 18.2 Å². The van der Waals surface area contributed by atoms with Crippen molar-refractivity contribution in [2.75, 3.05) is 25.9 Å². The van der Waals surface area contributed by atoms with Crippen molar-refractivity contribution in [3.05, 3.63) is 34.9 Å². The largest absolute Gasteiger partial charge is 0.342 e. The second-order valence-corrected chi connectivity index (χ2v) is 9.29. The normalized spacial score (nSPS) is 21.0. The Labute approximate surface area is 150 Å². The Morgan fingerprint density at radius 3 is 2.72 bits per heavy atom. The molecule has 0 radical (unpaired) electrons. The average Bonchev–Trinajstić information content (AvgIpc) is 2.59. The molecule has 1 aliphatic carbocycles. The highest BCUT2D eigenvalue weighted by atomic mass is 32.2. The van der Waals surface area contributed by atoms with Crippen LogP contribution >= 0.6 is 0 Å². The summed E-state index contributed by atoms with van der Waals surface area (Å²) >= 11 is 0. The molecule has 1 saturated heterocycles. The van der Waals surface area contributed by atoms with E-state index in [-0.39, 0.29) is 11.8 Å². The van der Waals surface area contributed by atoms with Gasteiger partial charge in [-0.3, -0.25) is 4.79 Å². The zero-order valence-corrected chi connectivity index (χ0v) is 15.8. The maximum atomic E-state index is 12.7. The zero-order valence-electron chi connectivity index (χ0n) is 15.0. The van der Waals surface area contributed by atoms with Crippen LogP contribution in [0.5, 0.6) is 0 Å². The van der Waals surface area contributed by atoms with Gasteiger partial charge in [-0.05, 0) is 61.1 Å². The van der Waals surface area contributed by atoms with E-state index in [1.165, 1.54) is 30.2 Å². The van der Waals surface area contributed by atoms with Crippen molar-refractivity contribution >= 4 is 15.9 Å². The number of likely N-dealkylation sites (tertiary alicyclic amines) is 1. The van der Waals surface area contributed by atoms with Crippen molar-refractivity contribution in [3.8, 4) is 0 Å². The molecule has 1 heterocycles. The van der Waals surface area contributed by atoms with Crippen LogP contribution in [0.2, 0.25) is 0 Å². The quantitative estimate of drug-likeness (QED) is 0.868. The molecule has 1 aliphatic heterocycles. The molecule has 0 spiro atoms. The molecule has 1 aromatic rings. The fraction of sp³-hybridized carbons (Fsp3) is 0.632. The number of rotatable bonds is 5. The lowest BCUT2D eigenvalue weighted by Crippen LogP contribution is -2.44. The first-order valence-corrected chi connectivity index (χ1v) is 11.1. The van der Waals surface area contributed by atoms with Gasteiger partial charge in [-0.15, -0.1) is 0 Å². The number of hydrogen-bond donors (Lipinski definition) is 1. The summed E-state index contributed by atoms with van der Waals surface area (Å²) in [5.41, 5.74) is 3.94. The molecule has 5 nitrogen and oxygen atoms in total. The van der Waals surface area contributed by atoms with Gasteiger partial charge in [0.05, 0.1) is 12.7 Å². The van der Waals surface area contributed by atoms with Crippen molar-refractivity contribution in [1.82, 2.24) is 9.62 Å². The second-order valence-electron chi connectivity index (χ2n) is 7.46. The molecule has 3 rings (SSSR count). The Morgan fingerprint density at radius 2 is 1.96 bits per heavy atom. The van der Waals surface area contributed by atoms with Gasteiger partial charge < -0.3 is 4.90 Å². The second kappa shape index (κ2) is 7.87. The summed E-state index contributed by atoms with van der Waals surface area (Å²) in [6.07, 6.45) is 8.31. The summed E-state index contributed by atoms with van der Waals surface area (Å²) in [4.78, 5) is 14.6. The van der Waals surface area contributed by atoms with Gasteiger partial charge in [0.2, 0.25) is 15.9 Å². The smallest absolute Gasteiger partial charge is 0.226 e. The molecular weight excluding hydrogens is 336 g/mol. The first-order chi connectivity index (χ1) is 11.9. The first-order valence-electron chi connectivity index (χ1n) is 9.24. The van der Waals surface area contributed by atoms with Crippen molar-refractivity contribution in [2.45, 2.75) is 44.9 Å². The number of nitrogens with zero attached hydrogens (tertiary/aromatic N) is 1. The molecule has 2 aliphatic rings. The Kier molecular flexibility index (Phi) is 5.79. The highest BCUT2D eigenvalue weighted by Gasteiger charge is 2.24. The van der Waals surface area contributed by atoms with E-state index in [0.29, 0.717) is 19.5 Å². The number of aryl methyl sites for hydroxylation is 2. The van der Waals surface area contributed by atoms with Crippen LogP contribution in [0.25, 0.3) is 0 Å². The van der Waals surface area contributed by atoms with E-state index in [4.69, 9.17) is 0 Å². The number of sulfonamides is 1. The number of amides is 1. The summed E-state index contributed by atoms with van der Waals surface area (Å²) in [6.45, 7) is 1.84. The standard InChI is InChI=1S/C19H28N2O3S/c1-25(23,24)20-13-16-5-4-10-21(14-16)19(22)12-15-8-9-17-6-2-3-7-18(17)11-15/h8-9,11,16,20H,2-7,10,12-14H2,1H3/t16-/m0/s1. The molecule has 0 aromatic heterocycles. The molecule has 1 fully saturated rings. The Bertz CT molecular complexity index is 730. The van der Waals surface area contributed by atoms with Crippen molar-refractivity contribution in [1.29, 1.82) is 0 Å². The van der Waals surface area contributed by atoms with Crippen LogP contribution < -0.4 is 4.72 Å². The lowest BCUT2D eigenvalue weighted by molar-refractivity contribution is -0.132. The number of nitrogens with one attached hydrogen (secondary N) is 1. The number of hydrogen-bond acceptors (Lipinski definition) is 3. The minimum atomic E-state index is -3.17. The summed E-state index contributed by atoms with van der Waals surface area (Å²) in [5.74, 6) is 0.357. The Balaban J connectivity index is 1.57. The van der Waals surface area contributed by atoms with Crippen molar-refractivity contribution in [2.24, 2.45) is 5.92 Å². The molecule has 0 saturated carbocycles. The van der Waals surface area contributed by atoms with Crippen LogP contribution in [-0.4, -0.2) is 45.1 Å². The van der Waals surface area contributed by atoms with E-state index in [0.717, 1.165) is 37.8 Å². The van der Waals surface area contributed by atoms with Crippen LogP contribution in [0.15, 0.2) is 18.2 Å². The van der Waals surface area contributed by atoms with Crippen molar-refractivity contribution in [3.63, 3.8) is 0 Å². The third-order valence-corrected chi connectivity index (χ3v) is 5.97. The fourth-order valence-corrected chi connectivity index (χ4v) is 4.45. The number of piperidine rings is 1. The van der Waals surface area contributed by atoms with Gasteiger partial charge >= 0.3 is 0 Å². The maximum absolute atomic E-state index is 12.7. The average molecular weight is 365 g/mol. The van der Waals surface area contributed by atoms with E-state index >= 15 is 0 Å².